The molecule has 1 rings (SSSR count). The zero-order chi connectivity index (χ0) is 12.0. The summed E-state index contributed by atoms with van der Waals surface area (Å²) < 4.78 is 0. The molecule has 4 N–H and O–H groups in total. The van der Waals surface area contributed by atoms with Gasteiger partial charge in [-0.3, -0.25) is 4.79 Å². The summed E-state index contributed by atoms with van der Waals surface area (Å²) in [5, 5.41) is 2.99. The van der Waals surface area contributed by atoms with Crippen molar-refractivity contribution < 1.29 is 4.79 Å². The molecule has 0 spiro atoms. The first-order valence-corrected chi connectivity index (χ1v) is 5.60. The van der Waals surface area contributed by atoms with Gasteiger partial charge in [-0.2, -0.15) is 0 Å². The minimum atomic E-state index is 0.0146. The maximum Gasteiger partial charge on any atom is 0.221 e. The number of carbonyl (C=O) groups is 1. The molecule has 0 aliphatic rings. The summed E-state index contributed by atoms with van der Waals surface area (Å²) in [6, 6.07) is 0.125. The fraction of sp³-hybridized carbons (Fsp3) is 0.636. The zero-order valence-electron chi connectivity index (χ0n) is 9.86. The first-order chi connectivity index (χ1) is 7.63. The molecule has 0 aromatic carbocycles. The van der Waals surface area contributed by atoms with E-state index in [0.29, 0.717) is 18.9 Å². The number of hydrogen-bond acceptors (Lipinski definition) is 3. The maximum atomic E-state index is 11.5. The third-order valence-electron chi connectivity index (χ3n) is 2.52. The Hall–Kier alpha value is -1.36. The number of carbonyl (C=O) groups excluding carboxylic acids is 1. The number of aromatic amines is 1. The molecule has 0 aliphatic carbocycles. The van der Waals surface area contributed by atoms with Crippen LogP contribution in [0.3, 0.4) is 0 Å². The fourth-order valence-electron chi connectivity index (χ4n) is 1.50. The lowest BCUT2D eigenvalue weighted by Crippen LogP contribution is -2.40. The summed E-state index contributed by atoms with van der Waals surface area (Å²) in [5.74, 6) is 0.394. The molecule has 1 aromatic heterocycles. The zero-order valence-corrected chi connectivity index (χ0v) is 9.86. The summed E-state index contributed by atoms with van der Waals surface area (Å²) in [6.45, 7) is 4.56. The van der Waals surface area contributed by atoms with E-state index in [9.17, 15) is 4.79 Å². The van der Waals surface area contributed by atoms with Gasteiger partial charge >= 0.3 is 0 Å². The van der Waals surface area contributed by atoms with Gasteiger partial charge in [0.2, 0.25) is 5.91 Å². The Morgan fingerprint density at radius 1 is 1.62 bits per heavy atom. The Morgan fingerprint density at radius 2 is 2.38 bits per heavy atom. The monoisotopic (exact) mass is 224 g/mol. The fourth-order valence-corrected chi connectivity index (χ4v) is 1.50. The van der Waals surface area contributed by atoms with E-state index in [-0.39, 0.29) is 11.9 Å². The van der Waals surface area contributed by atoms with E-state index >= 15 is 0 Å². The van der Waals surface area contributed by atoms with E-state index in [4.69, 9.17) is 5.73 Å². The van der Waals surface area contributed by atoms with Gasteiger partial charge in [0.1, 0.15) is 0 Å². The highest BCUT2D eigenvalue weighted by Crippen LogP contribution is 2.08. The van der Waals surface area contributed by atoms with Crippen molar-refractivity contribution in [1.29, 1.82) is 0 Å². The van der Waals surface area contributed by atoms with E-state index in [2.05, 4.69) is 29.1 Å². The third kappa shape index (κ3) is 4.02. The van der Waals surface area contributed by atoms with Gasteiger partial charge in [-0.25, -0.2) is 4.98 Å². The van der Waals surface area contributed by atoms with Gasteiger partial charge in [0.05, 0.1) is 6.33 Å². The number of aromatic nitrogens is 2. The second-order valence-corrected chi connectivity index (χ2v) is 4.24. The first-order valence-electron chi connectivity index (χ1n) is 5.60. The highest BCUT2D eigenvalue weighted by atomic mass is 16.1. The molecule has 0 saturated heterocycles. The molecule has 0 aliphatic heterocycles. The van der Waals surface area contributed by atoms with Crippen LogP contribution in [0.25, 0.3) is 0 Å². The number of nitrogens with one attached hydrogen (secondary N) is 2. The van der Waals surface area contributed by atoms with Crippen LogP contribution in [0.2, 0.25) is 0 Å². The van der Waals surface area contributed by atoms with Crippen LogP contribution in [-0.2, 0) is 11.2 Å². The number of rotatable bonds is 6. The van der Waals surface area contributed by atoms with E-state index in [1.807, 2.05) is 0 Å². The Kier molecular flexibility index (Phi) is 4.98. The van der Waals surface area contributed by atoms with Crippen molar-refractivity contribution in [3.8, 4) is 0 Å². The van der Waals surface area contributed by atoms with Gasteiger partial charge in [-0.15, -0.1) is 0 Å². The van der Waals surface area contributed by atoms with Crippen LogP contribution < -0.4 is 11.1 Å². The van der Waals surface area contributed by atoms with Gasteiger partial charge in [0.25, 0.3) is 0 Å². The van der Waals surface area contributed by atoms with E-state index in [0.717, 1.165) is 12.1 Å². The lowest BCUT2D eigenvalue weighted by molar-refractivity contribution is -0.121. The second kappa shape index (κ2) is 6.27. The van der Waals surface area contributed by atoms with Crippen LogP contribution in [-0.4, -0.2) is 28.5 Å². The topological polar surface area (TPSA) is 83.8 Å². The quantitative estimate of drug-likeness (QED) is 0.655. The molecule has 0 fully saturated rings. The Labute approximate surface area is 95.8 Å². The predicted molar refractivity (Wildman–Crippen MR) is 62.7 cm³/mol. The maximum absolute atomic E-state index is 11.5. The van der Waals surface area contributed by atoms with Gasteiger partial charge in [0, 0.05) is 37.3 Å². The molecule has 0 unspecified atom stereocenters. The van der Waals surface area contributed by atoms with Gasteiger partial charge in [-0.05, 0) is 5.92 Å². The van der Waals surface area contributed by atoms with E-state index in [1.165, 1.54) is 0 Å². The minimum absolute atomic E-state index is 0.0146. The minimum Gasteiger partial charge on any atom is -0.353 e. The summed E-state index contributed by atoms with van der Waals surface area (Å²) >= 11 is 0. The van der Waals surface area contributed by atoms with Crippen LogP contribution in [0, 0.1) is 5.92 Å². The van der Waals surface area contributed by atoms with Crippen molar-refractivity contribution in [2.24, 2.45) is 11.7 Å². The number of amides is 1. The van der Waals surface area contributed by atoms with Crippen molar-refractivity contribution >= 4 is 5.91 Å². The summed E-state index contributed by atoms with van der Waals surface area (Å²) in [5.41, 5.74) is 6.37. The summed E-state index contributed by atoms with van der Waals surface area (Å²) in [4.78, 5) is 18.5. The Bertz CT molecular complexity index is 308. The standard InChI is InChI=1S/C11H20N4O/c1-8(2)10(15-11(16)3-4-12)5-9-6-13-7-14-9/h6-8,10H,3-5,12H2,1-2H3,(H,13,14)(H,15,16)/t10-/m0/s1. The molecule has 16 heavy (non-hydrogen) atoms. The second-order valence-electron chi connectivity index (χ2n) is 4.24. The highest BCUT2D eigenvalue weighted by Gasteiger charge is 2.16. The molecule has 1 amide bonds. The molecule has 5 nitrogen and oxygen atoms in total. The van der Waals surface area contributed by atoms with E-state index in [1.54, 1.807) is 12.5 Å². The molecule has 1 aromatic rings. The smallest absolute Gasteiger partial charge is 0.221 e. The van der Waals surface area contributed by atoms with Crippen LogP contribution in [0.15, 0.2) is 12.5 Å². The molecule has 0 bridgehead atoms. The highest BCUT2D eigenvalue weighted by molar-refractivity contribution is 5.76. The average Bonchev–Trinajstić information content (AvgIpc) is 2.69. The van der Waals surface area contributed by atoms with Crippen LogP contribution in [0.5, 0.6) is 0 Å². The van der Waals surface area contributed by atoms with Crippen LogP contribution >= 0.6 is 0 Å². The number of nitrogens with zero attached hydrogens (tertiary/aromatic N) is 1. The predicted octanol–water partition coefficient (Wildman–Crippen LogP) is 0.442. The number of imidazole rings is 1. The van der Waals surface area contributed by atoms with Crippen molar-refractivity contribution in [1.82, 2.24) is 15.3 Å². The first kappa shape index (κ1) is 12.7. The lowest BCUT2D eigenvalue weighted by atomic mass is 9.99. The van der Waals surface area contributed by atoms with E-state index < -0.39 is 0 Å². The van der Waals surface area contributed by atoms with Crippen LogP contribution in [0.4, 0.5) is 0 Å². The molecule has 1 heterocycles. The summed E-state index contributed by atoms with van der Waals surface area (Å²) in [6.07, 6.45) is 4.58. The molecule has 0 radical (unpaired) electrons. The third-order valence-corrected chi connectivity index (χ3v) is 2.52. The average molecular weight is 224 g/mol. The van der Waals surface area contributed by atoms with Gasteiger partial charge in [-0.1, -0.05) is 13.8 Å². The van der Waals surface area contributed by atoms with Crippen LogP contribution in [0.1, 0.15) is 26.0 Å². The SMILES string of the molecule is CC(C)[C@H](Cc1cnc[nH]1)NC(=O)CCN. The Balaban J connectivity index is 2.51. The number of H-pyrrole nitrogens is 1. The molecular weight excluding hydrogens is 204 g/mol. The number of hydrogen-bond donors (Lipinski definition) is 3. The number of nitrogens with two attached hydrogens (primary N) is 1. The molecular formula is C11H20N4O. The largest absolute Gasteiger partial charge is 0.353 e. The van der Waals surface area contributed by atoms with Crippen molar-refractivity contribution in [3.05, 3.63) is 18.2 Å². The lowest BCUT2D eigenvalue weighted by Gasteiger charge is -2.21. The molecule has 5 heteroatoms. The van der Waals surface area contributed by atoms with Gasteiger partial charge in [0.15, 0.2) is 0 Å². The Morgan fingerprint density at radius 3 is 2.88 bits per heavy atom. The normalized spacial score (nSPS) is 12.8. The summed E-state index contributed by atoms with van der Waals surface area (Å²) in [7, 11) is 0. The van der Waals surface area contributed by atoms with Crippen molar-refractivity contribution in [2.75, 3.05) is 6.54 Å². The van der Waals surface area contributed by atoms with Crippen molar-refractivity contribution in [3.63, 3.8) is 0 Å². The van der Waals surface area contributed by atoms with Gasteiger partial charge < -0.3 is 16.0 Å². The van der Waals surface area contributed by atoms with Crippen molar-refractivity contribution in [2.45, 2.75) is 32.7 Å². The molecule has 0 saturated carbocycles. The molecule has 90 valence electrons. The molecule has 1 atom stereocenters.